The van der Waals surface area contributed by atoms with Gasteiger partial charge in [0.1, 0.15) is 0 Å². The molecule has 0 radical (unpaired) electrons. The van der Waals surface area contributed by atoms with Crippen molar-refractivity contribution in [2.24, 2.45) is 11.7 Å². The third kappa shape index (κ3) is 3.04. The second kappa shape index (κ2) is 6.03. The van der Waals surface area contributed by atoms with Crippen molar-refractivity contribution >= 4 is 11.0 Å². The summed E-state index contributed by atoms with van der Waals surface area (Å²) in [6.45, 7) is 6.13. The second-order valence-electron chi connectivity index (χ2n) is 6.16. The minimum Gasteiger partial charge on any atom is -0.328 e. The molecular weight excluding hydrogens is 264 g/mol. The van der Waals surface area contributed by atoms with E-state index in [1.807, 2.05) is 28.8 Å². The van der Waals surface area contributed by atoms with Gasteiger partial charge in [-0.1, -0.05) is 12.1 Å². The normalized spacial score (nSPS) is 21.1. The standard InChI is InChI=1S/C16H24N4O/c1-12(17)13-7-10-19(11-13)8-4-9-20-15-6-3-2-5-14(15)18-16(20)21/h2-3,5-6,12-13H,4,7-11,17H2,1H3,(H,18,21). The molecule has 21 heavy (non-hydrogen) atoms. The van der Waals surface area contributed by atoms with Crippen LogP contribution in [-0.4, -0.2) is 40.1 Å². The molecule has 114 valence electrons. The first-order valence-corrected chi connectivity index (χ1v) is 7.80. The van der Waals surface area contributed by atoms with E-state index in [0.717, 1.165) is 43.6 Å². The summed E-state index contributed by atoms with van der Waals surface area (Å²) in [4.78, 5) is 17.4. The molecule has 1 saturated heterocycles. The number of fused-ring (bicyclic) bond motifs is 1. The van der Waals surface area contributed by atoms with Gasteiger partial charge in [-0.3, -0.25) is 4.57 Å². The monoisotopic (exact) mass is 288 g/mol. The number of hydrogen-bond acceptors (Lipinski definition) is 3. The highest BCUT2D eigenvalue weighted by atomic mass is 16.1. The fraction of sp³-hybridized carbons (Fsp3) is 0.562. The number of imidazole rings is 1. The molecule has 2 aromatic rings. The molecule has 1 aromatic heterocycles. The van der Waals surface area contributed by atoms with Gasteiger partial charge in [0.15, 0.2) is 0 Å². The number of hydrogen-bond donors (Lipinski definition) is 2. The van der Waals surface area contributed by atoms with Crippen LogP contribution >= 0.6 is 0 Å². The van der Waals surface area contributed by atoms with Crippen LogP contribution in [0.5, 0.6) is 0 Å². The Morgan fingerprint density at radius 3 is 2.95 bits per heavy atom. The lowest BCUT2D eigenvalue weighted by Gasteiger charge is -2.17. The number of nitrogens with one attached hydrogen (secondary N) is 1. The first-order chi connectivity index (χ1) is 10.1. The van der Waals surface area contributed by atoms with Gasteiger partial charge in [-0.05, 0) is 50.9 Å². The van der Waals surface area contributed by atoms with E-state index >= 15 is 0 Å². The van der Waals surface area contributed by atoms with Gasteiger partial charge in [0.2, 0.25) is 0 Å². The smallest absolute Gasteiger partial charge is 0.326 e. The third-order valence-corrected chi connectivity index (χ3v) is 4.59. The molecule has 1 fully saturated rings. The van der Waals surface area contributed by atoms with Crippen LogP contribution in [-0.2, 0) is 6.54 Å². The quantitative estimate of drug-likeness (QED) is 0.873. The van der Waals surface area contributed by atoms with Crippen LogP contribution in [0, 0.1) is 5.92 Å². The van der Waals surface area contributed by atoms with Crippen LogP contribution in [0.1, 0.15) is 19.8 Å². The lowest BCUT2D eigenvalue weighted by molar-refractivity contribution is 0.305. The maximum atomic E-state index is 12.0. The molecule has 0 bridgehead atoms. The summed E-state index contributed by atoms with van der Waals surface area (Å²) in [6.07, 6.45) is 2.19. The molecule has 0 spiro atoms. The molecular formula is C16H24N4O. The average molecular weight is 288 g/mol. The summed E-state index contributed by atoms with van der Waals surface area (Å²) in [5, 5.41) is 0. The van der Waals surface area contributed by atoms with E-state index in [4.69, 9.17) is 5.73 Å². The van der Waals surface area contributed by atoms with Crippen molar-refractivity contribution < 1.29 is 0 Å². The number of likely N-dealkylation sites (tertiary alicyclic amines) is 1. The fourth-order valence-corrected chi connectivity index (χ4v) is 3.28. The first-order valence-electron chi connectivity index (χ1n) is 7.80. The molecule has 0 amide bonds. The van der Waals surface area contributed by atoms with E-state index in [1.165, 1.54) is 6.42 Å². The van der Waals surface area contributed by atoms with E-state index in [1.54, 1.807) is 0 Å². The Morgan fingerprint density at radius 1 is 1.38 bits per heavy atom. The van der Waals surface area contributed by atoms with Gasteiger partial charge in [0, 0.05) is 19.1 Å². The van der Waals surface area contributed by atoms with E-state index in [0.29, 0.717) is 5.92 Å². The molecule has 2 atom stereocenters. The van der Waals surface area contributed by atoms with Crippen LogP contribution in [0.4, 0.5) is 0 Å². The van der Waals surface area contributed by atoms with Crippen LogP contribution < -0.4 is 11.4 Å². The van der Waals surface area contributed by atoms with Crippen molar-refractivity contribution in [3.8, 4) is 0 Å². The lowest BCUT2D eigenvalue weighted by atomic mass is 10.0. The summed E-state index contributed by atoms with van der Waals surface area (Å²) < 4.78 is 1.84. The van der Waals surface area contributed by atoms with Crippen molar-refractivity contribution in [2.75, 3.05) is 19.6 Å². The van der Waals surface area contributed by atoms with E-state index in [-0.39, 0.29) is 11.7 Å². The van der Waals surface area contributed by atoms with Crippen molar-refractivity contribution in [3.05, 3.63) is 34.7 Å². The Bertz CT molecular complexity index is 658. The number of aryl methyl sites for hydroxylation is 1. The number of benzene rings is 1. The van der Waals surface area contributed by atoms with Crippen LogP contribution in [0.2, 0.25) is 0 Å². The highest BCUT2D eigenvalue weighted by Gasteiger charge is 2.24. The molecule has 5 heteroatoms. The highest BCUT2D eigenvalue weighted by molar-refractivity contribution is 5.74. The summed E-state index contributed by atoms with van der Waals surface area (Å²) in [6, 6.07) is 8.14. The average Bonchev–Trinajstić information content (AvgIpc) is 3.04. The maximum absolute atomic E-state index is 12.0. The largest absolute Gasteiger partial charge is 0.328 e. The predicted octanol–water partition coefficient (Wildman–Crippen LogP) is 1.39. The zero-order chi connectivity index (χ0) is 14.8. The van der Waals surface area contributed by atoms with Gasteiger partial charge in [-0.15, -0.1) is 0 Å². The van der Waals surface area contributed by atoms with Crippen LogP contribution in [0.3, 0.4) is 0 Å². The molecule has 0 saturated carbocycles. The lowest BCUT2D eigenvalue weighted by Crippen LogP contribution is -2.30. The maximum Gasteiger partial charge on any atom is 0.326 e. The zero-order valence-corrected chi connectivity index (χ0v) is 12.6. The minimum atomic E-state index is -0.00826. The summed E-state index contributed by atoms with van der Waals surface area (Å²) in [7, 11) is 0. The summed E-state index contributed by atoms with van der Waals surface area (Å²) in [5.74, 6) is 0.626. The number of aromatic nitrogens is 2. The number of para-hydroxylation sites is 2. The van der Waals surface area contributed by atoms with Gasteiger partial charge in [-0.2, -0.15) is 0 Å². The van der Waals surface area contributed by atoms with E-state index in [2.05, 4.69) is 16.8 Å². The van der Waals surface area contributed by atoms with Gasteiger partial charge < -0.3 is 15.6 Å². The van der Waals surface area contributed by atoms with Crippen LogP contribution in [0.15, 0.2) is 29.1 Å². The van der Waals surface area contributed by atoms with E-state index in [9.17, 15) is 4.79 Å². The number of aromatic amines is 1. The molecule has 3 rings (SSSR count). The Balaban J connectivity index is 1.58. The summed E-state index contributed by atoms with van der Waals surface area (Å²) >= 11 is 0. The number of rotatable bonds is 5. The molecule has 1 aliphatic rings. The SMILES string of the molecule is CC(N)C1CCN(CCCn2c(=O)[nH]c3ccccc32)C1. The van der Waals surface area contributed by atoms with Crippen molar-refractivity contribution in [3.63, 3.8) is 0 Å². The van der Waals surface area contributed by atoms with Crippen LogP contribution in [0.25, 0.3) is 11.0 Å². The molecule has 1 aliphatic heterocycles. The number of nitrogens with zero attached hydrogens (tertiary/aromatic N) is 2. The fourth-order valence-electron chi connectivity index (χ4n) is 3.28. The van der Waals surface area contributed by atoms with Gasteiger partial charge in [-0.25, -0.2) is 4.79 Å². The predicted molar refractivity (Wildman–Crippen MR) is 85.4 cm³/mol. The zero-order valence-electron chi connectivity index (χ0n) is 12.6. The Hall–Kier alpha value is -1.59. The molecule has 0 aliphatic carbocycles. The van der Waals surface area contributed by atoms with Crippen molar-refractivity contribution in [1.29, 1.82) is 0 Å². The minimum absolute atomic E-state index is 0.00826. The molecule has 2 unspecified atom stereocenters. The van der Waals surface area contributed by atoms with Gasteiger partial charge in [0.05, 0.1) is 11.0 Å². The molecule has 1 aromatic carbocycles. The Kier molecular flexibility index (Phi) is 4.12. The van der Waals surface area contributed by atoms with E-state index < -0.39 is 0 Å². The topological polar surface area (TPSA) is 67.0 Å². The van der Waals surface area contributed by atoms with Crippen molar-refractivity contribution in [1.82, 2.24) is 14.5 Å². The van der Waals surface area contributed by atoms with Gasteiger partial charge in [0.25, 0.3) is 0 Å². The Labute approximate surface area is 124 Å². The summed E-state index contributed by atoms with van der Waals surface area (Å²) in [5.41, 5.74) is 7.88. The second-order valence-corrected chi connectivity index (χ2v) is 6.16. The number of nitrogens with two attached hydrogens (primary N) is 1. The van der Waals surface area contributed by atoms with Gasteiger partial charge >= 0.3 is 5.69 Å². The molecule has 2 heterocycles. The van der Waals surface area contributed by atoms with Crippen molar-refractivity contribution in [2.45, 2.75) is 32.4 Å². The number of H-pyrrole nitrogens is 1. The molecule has 3 N–H and O–H groups in total. The molecule has 5 nitrogen and oxygen atoms in total. The highest BCUT2D eigenvalue weighted by Crippen LogP contribution is 2.18. The Morgan fingerprint density at radius 2 is 2.19 bits per heavy atom. The third-order valence-electron chi connectivity index (χ3n) is 4.59. The first kappa shape index (κ1) is 14.4.